The summed E-state index contributed by atoms with van der Waals surface area (Å²) in [4.78, 5) is 18.1. The van der Waals surface area contributed by atoms with Crippen LogP contribution in [0.5, 0.6) is 11.5 Å². The van der Waals surface area contributed by atoms with E-state index in [0.717, 1.165) is 43.5 Å². The van der Waals surface area contributed by atoms with E-state index >= 15 is 0 Å². The minimum Gasteiger partial charge on any atom is -0.504 e. The molecule has 0 saturated carbocycles. The second kappa shape index (κ2) is 10.6. The maximum atomic E-state index is 10.6. The van der Waals surface area contributed by atoms with Gasteiger partial charge in [0.25, 0.3) is 0 Å². The fraction of sp³-hybridized carbons (Fsp3) is 0.500. The maximum absolute atomic E-state index is 10.6. The molecule has 2 saturated heterocycles. The maximum Gasteiger partial charge on any atom is 0.250 e. The molecule has 2 aliphatic heterocycles. The molecular formula is C20H25Br2N7O3. The molecular weight excluding hydrogens is 546 g/mol. The first-order chi connectivity index (χ1) is 15.6. The third kappa shape index (κ3) is 5.24. The number of nitrogens with one attached hydrogen (secondary N) is 1. The molecule has 0 spiro atoms. The Labute approximate surface area is 203 Å². The van der Waals surface area contributed by atoms with Crippen molar-refractivity contribution in [3.05, 3.63) is 20.6 Å². The summed E-state index contributed by atoms with van der Waals surface area (Å²) in [5, 5.41) is 14.8. The van der Waals surface area contributed by atoms with Crippen molar-refractivity contribution in [1.29, 1.82) is 0 Å². The minimum absolute atomic E-state index is 0.00474. The second-order valence-electron chi connectivity index (χ2n) is 7.29. The zero-order valence-electron chi connectivity index (χ0n) is 17.7. The van der Waals surface area contributed by atoms with Crippen molar-refractivity contribution in [2.75, 3.05) is 61.2 Å². The fourth-order valence-corrected chi connectivity index (χ4v) is 4.34. The van der Waals surface area contributed by atoms with Crippen molar-refractivity contribution in [1.82, 2.24) is 15.0 Å². The number of hydrazone groups is 1. The highest BCUT2D eigenvalue weighted by molar-refractivity contribution is 9.13. The Morgan fingerprint density at radius 1 is 1.12 bits per heavy atom. The molecule has 0 bridgehead atoms. The summed E-state index contributed by atoms with van der Waals surface area (Å²) in [5.74, 6) is 1.95. The monoisotopic (exact) mass is 569 g/mol. The summed E-state index contributed by atoms with van der Waals surface area (Å²) in [7, 11) is 0. The van der Waals surface area contributed by atoms with Gasteiger partial charge < -0.3 is 24.4 Å². The molecule has 10 nitrogen and oxygen atoms in total. The lowest BCUT2D eigenvalue weighted by Gasteiger charge is -2.27. The first kappa shape index (κ1) is 23.0. The highest BCUT2D eigenvalue weighted by Crippen LogP contribution is 2.39. The van der Waals surface area contributed by atoms with E-state index in [1.807, 2.05) is 6.92 Å². The number of rotatable bonds is 7. The number of anilines is 3. The lowest BCUT2D eigenvalue weighted by atomic mass is 10.2. The molecule has 12 heteroatoms. The van der Waals surface area contributed by atoms with Crippen LogP contribution in [-0.4, -0.2) is 72.3 Å². The van der Waals surface area contributed by atoms with E-state index in [1.165, 1.54) is 6.21 Å². The predicted octanol–water partition coefficient (Wildman–Crippen LogP) is 3.38. The Bertz CT molecular complexity index is 980. The average molecular weight is 571 g/mol. The van der Waals surface area contributed by atoms with Crippen LogP contribution < -0.4 is 20.0 Å². The van der Waals surface area contributed by atoms with Gasteiger partial charge in [-0.25, -0.2) is 5.43 Å². The van der Waals surface area contributed by atoms with Crippen molar-refractivity contribution in [3.63, 3.8) is 0 Å². The van der Waals surface area contributed by atoms with Gasteiger partial charge in [0, 0.05) is 35.1 Å². The number of halogens is 2. The number of hydrogen-bond acceptors (Lipinski definition) is 10. The SMILES string of the molecule is CCOc1cc(Br)c(Br)c(/C=N/Nc2nc(N3CCCC3)nc(N3CCOCC3)n2)c1O. The van der Waals surface area contributed by atoms with Crippen LogP contribution in [0.4, 0.5) is 17.8 Å². The molecule has 32 heavy (non-hydrogen) atoms. The van der Waals surface area contributed by atoms with Crippen molar-refractivity contribution >= 4 is 55.9 Å². The molecule has 0 radical (unpaired) electrons. The molecule has 2 aliphatic rings. The van der Waals surface area contributed by atoms with Gasteiger partial charge in [-0.15, -0.1) is 0 Å². The summed E-state index contributed by atoms with van der Waals surface area (Å²) in [6.07, 6.45) is 3.75. The van der Waals surface area contributed by atoms with E-state index < -0.39 is 0 Å². The molecule has 1 aromatic heterocycles. The van der Waals surface area contributed by atoms with Crippen LogP contribution in [-0.2, 0) is 4.74 Å². The van der Waals surface area contributed by atoms with Crippen molar-refractivity contribution in [2.45, 2.75) is 19.8 Å². The Morgan fingerprint density at radius 3 is 2.44 bits per heavy atom. The molecule has 1 aromatic carbocycles. The molecule has 2 N–H and O–H groups in total. The summed E-state index contributed by atoms with van der Waals surface area (Å²) in [6.45, 7) is 6.88. The number of morpholine rings is 1. The average Bonchev–Trinajstić information content (AvgIpc) is 3.35. The number of ether oxygens (including phenoxy) is 2. The topological polar surface area (TPSA) is 108 Å². The molecule has 4 rings (SSSR count). The molecule has 3 heterocycles. The lowest BCUT2D eigenvalue weighted by Crippen LogP contribution is -2.38. The van der Waals surface area contributed by atoms with Gasteiger partial charge in [0.2, 0.25) is 17.8 Å². The number of aromatic nitrogens is 3. The number of benzene rings is 1. The molecule has 0 aliphatic carbocycles. The van der Waals surface area contributed by atoms with Gasteiger partial charge in [0.05, 0.1) is 31.6 Å². The number of nitrogens with zero attached hydrogens (tertiary/aromatic N) is 6. The van der Waals surface area contributed by atoms with E-state index in [4.69, 9.17) is 9.47 Å². The minimum atomic E-state index is -0.00474. The summed E-state index contributed by atoms with van der Waals surface area (Å²) in [5.41, 5.74) is 3.37. The van der Waals surface area contributed by atoms with Crippen LogP contribution in [0.15, 0.2) is 20.1 Å². The highest BCUT2D eigenvalue weighted by Gasteiger charge is 2.21. The summed E-state index contributed by atoms with van der Waals surface area (Å²) in [6, 6.07) is 1.70. The smallest absolute Gasteiger partial charge is 0.250 e. The molecule has 2 aromatic rings. The van der Waals surface area contributed by atoms with Gasteiger partial charge in [-0.2, -0.15) is 20.1 Å². The van der Waals surface area contributed by atoms with Gasteiger partial charge in [-0.1, -0.05) is 0 Å². The number of hydrogen-bond donors (Lipinski definition) is 2. The Balaban J connectivity index is 1.60. The van der Waals surface area contributed by atoms with Crippen LogP contribution in [0.3, 0.4) is 0 Å². The quantitative estimate of drug-likeness (QED) is 0.382. The molecule has 0 amide bonds. The van der Waals surface area contributed by atoms with Gasteiger partial charge >= 0.3 is 0 Å². The van der Waals surface area contributed by atoms with Gasteiger partial charge in [-0.05, 0) is 57.7 Å². The van der Waals surface area contributed by atoms with E-state index in [1.54, 1.807) is 6.07 Å². The van der Waals surface area contributed by atoms with E-state index in [2.05, 4.69) is 67.1 Å². The third-order valence-corrected chi connectivity index (χ3v) is 7.16. The zero-order valence-corrected chi connectivity index (χ0v) is 20.9. The number of aromatic hydroxyl groups is 1. The third-order valence-electron chi connectivity index (χ3n) is 5.15. The highest BCUT2D eigenvalue weighted by atomic mass is 79.9. The van der Waals surface area contributed by atoms with Crippen LogP contribution >= 0.6 is 31.9 Å². The van der Waals surface area contributed by atoms with E-state index in [0.29, 0.717) is 53.5 Å². The number of phenolic OH excluding ortho intramolecular Hbond substituents is 1. The normalized spacial score (nSPS) is 16.7. The Kier molecular flexibility index (Phi) is 7.63. The molecule has 0 atom stereocenters. The molecule has 2 fully saturated rings. The van der Waals surface area contributed by atoms with Gasteiger partial charge in [0.1, 0.15) is 0 Å². The lowest BCUT2D eigenvalue weighted by molar-refractivity contribution is 0.122. The van der Waals surface area contributed by atoms with Crippen molar-refractivity contribution < 1.29 is 14.6 Å². The predicted molar refractivity (Wildman–Crippen MR) is 130 cm³/mol. The number of phenols is 1. The molecule has 0 unspecified atom stereocenters. The molecule has 172 valence electrons. The van der Waals surface area contributed by atoms with E-state index in [-0.39, 0.29) is 5.75 Å². The fourth-order valence-electron chi connectivity index (χ4n) is 3.52. The summed E-state index contributed by atoms with van der Waals surface area (Å²) >= 11 is 6.94. The second-order valence-corrected chi connectivity index (χ2v) is 8.94. The van der Waals surface area contributed by atoms with Crippen LogP contribution in [0.1, 0.15) is 25.3 Å². The first-order valence-corrected chi connectivity index (χ1v) is 12.1. The Morgan fingerprint density at radius 2 is 1.78 bits per heavy atom. The van der Waals surface area contributed by atoms with Crippen LogP contribution in [0.2, 0.25) is 0 Å². The van der Waals surface area contributed by atoms with Crippen LogP contribution in [0, 0.1) is 0 Å². The largest absolute Gasteiger partial charge is 0.504 e. The van der Waals surface area contributed by atoms with Crippen molar-refractivity contribution in [2.24, 2.45) is 5.10 Å². The van der Waals surface area contributed by atoms with Gasteiger partial charge in [0.15, 0.2) is 11.5 Å². The summed E-state index contributed by atoms with van der Waals surface area (Å²) < 4.78 is 12.3. The first-order valence-electron chi connectivity index (χ1n) is 10.5. The standard InChI is InChI=1S/C20H25Br2N7O3/c1-2-32-15-11-14(21)16(22)13(17(15)30)12-23-27-18-24-19(28-5-3-4-6-28)26-20(25-18)29-7-9-31-10-8-29/h11-12,30H,2-10H2,1H3,(H,24,25,26,27)/b23-12+. The Hall–Kier alpha value is -2.18. The van der Waals surface area contributed by atoms with Crippen LogP contribution in [0.25, 0.3) is 0 Å². The zero-order chi connectivity index (χ0) is 22.5. The van der Waals surface area contributed by atoms with Gasteiger partial charge in [-0.3, -0.25) is 0 Å². The van der Waals surface area contributed by atoms with Crippen molar-refractivity contribution in [3.8, 4) is 11.5 Å². The van der Waals surface area contributed by atoms with E-state index in [9.17, 15) is 5.11 Å².